The minimum atomic E-state index is -1.16. The normalized spacial score (nSPS) is 15.3. The first-order valence-electron chi connectivity index (χ1n) is 16.7. The molecule has 5 amide bonds. The molecule has 0 radical (unpaired) electrons. The summed E-state index contributed by atoms with van der Waals surface area (Å²) in [4.78, 5) is 82.2. The number of nitrogens with one attached hydrogen (secondary N) is 4. The topological polar surface area (TPSA) is 157 Å². The van der Waals surface area contributed by atoms with E-state index < -0.39 is 47.5 Å². The van der Waals surface area contributed by atoms with Gasteiger partial charge in [-0.1, -0.05) is 62.4 Å². The number of carbonyl (C=O) groups excluding carboxylic acids is 6. The van der Waals surface area contributed by atoms with Crippen molar-refractivity contribution in [1.29, 1.82) is 0 Å². The molecule has 260 valence electrons. The predicted molar refractivity (Wildman–Crippen MR) is 183 cm³/mol. The molecule has 0 bridgehead atoms. The van der Waals surface area contributed by atoms with E-state index in [0.29, 0.717) is 31.1 Å². The van der Waals surface area contributed by atoms with Crippen LogP contribution in [0.4, 0.5) is 0 Å². The average Bonchev–Trinajstić information content (AvgIpc) is 3.08. The first-order chi connectivity index (χ1) is 22.8. The summed E-state index contributed by atoms with van der Waals surface area (Å²) >= 11 is 0. The lowest BCUT2D eigenvalue weighted by atomic mass is 9.99. The van der Waals surface area contributed by atoms with Crippen molar-refractivity contribution in [3.05, 3.63) is 71.8 Å². The van der Waals surface area contributed by atoms with Crippen molar-refractivity contribution in [2.24, 2.45) is 5.92 Å². The van der Waals surface area contributed by atoms with E-state index in [1.807, 2.05) is 44.2 Å². The van der Waals surface area contributed by atoms with Gasteiger partial charge in [-0.15, -0.1) is 0 Å². The molecule has 1 aliphatic rings. The fourth-order valence-electron chi connectivity index (χ4n) is 5.44. The molecule has 2 aromatic carbocycles. The number of amides is 5. The third kappa shape index (κ3) is 11.9. The zero-order valence-corrected chi connectivity index (χ0v) is 28.7. The molecule has 3 atom stereocenters. The molecule has 1 fully saturated rings. The maximum Gasteiger partial charge on any atom is 0.290 e. The summed E-state index contributed by atoms with van der Waals surface area (Å²) in [7, 11) is 0. The van der Waals surface area contributed by atoms with Crippen LogP contribution in [0.1, 0.15) is 63.4 Å². The predicted octanol–water partition coefficient (Wildman–Crippen LogP) is 1.69. The molecule has 1 heterocycles. The van der Waals surface area contributed by atoms with Crippen LogP contribution in [0.3, 0.4) is 0 Å². The quantitative estimate of drug-likeness (QED) is 0.199. The number of ketones is 1. The van der Waals surface area contributed by atoms with E-state index in [9.17, 15) is 28.8 Å². The number of hydrogen-bond donors (Lipinski definition) is 4. The van der Waals surface area contributed by atoms with Crippen molar-refractivity contribution in [3.8, 4) is 0 Å². The molecule has 48 heavy (non-hydrogen) atoms. The zero-order chi connectivity index (χ0) is 35.2. The van der Waals surface area contributed by atoms with E-state index in [1.54, 1.807) is 35.2 Å². The third-order valence-corrected chi connectivity index (χ3v) is 8.34. The van der Waals surface area contributed by atoms with Gasteiger partial charge < -0.3 is 26.2 Å². The van der Waals surface area contributed by atoms with E-state index in [4.69, 9.17) is 0 Å². The molecule has 0 spiro atoms. The highest BCUT2D eigenvalue weighted by molar-refractivity contribution is 6.38. The Balaban J connectivity index is 1.59. The highest BCUT2D eigenvalue weighted by atomic mass is 16.2. The standard InChI is InChI=1S/C36H50N6O6/c1-24(2)22-30(32(44)36(48)37-23-31(43)42-20-18-41(19-21-42)25(3)4)40-33(45)26(5)38-35(47)29(17-16-27-12-8-6-9-13-27)39-34(46)28-14-10-7-11-15-28/h6-15,24-26,29-30H,16-23H2,1-5H3,(H,37,48)(H,38,47)(H,39,46)(H,40,45)/t26-,29?,30?/m0/s1. The number of rotatable bonds is 16. The number of hydrogen-bond acceptors (Lipinski definition) is 7. The van der Waals surface area contributed by atoms with Gasteiger partial charge in [0.15, 0.2) is 0 Å². The van der Waals surface area contributed by atoms with Crippen LogP contribution in [0.25, 0.3) is 0 Å². The Bertz CT molecular complexity index is 1390. The minimum absolute atomic E-state index is 0.0496. The van der Waals surface area contributed by atoms with Gasteiger partial charge in [-0.25, -0.2) is 0 Å². The Hall–Kier alpha value is -4.58. The SMILES string of the molecule is CC(C)CC(NC(=O)[C@H](C)NC(=O)C(CCc1ccccc1)NC(=O)c1ccccc1)C(=O)C(=O)NCC(=O)N1CCN(C(C)C)CC1. The lowest BCUT2D eigenvalue weighted by molar-refractivity contribution is -0.142. The van der Waals surface area contributed by atoms with Crippen LogP contribution in [0.2, 0.25) is 0 Å². The first-order valence-corrected chi connectivity index (χ1v) is 16.7. The second kappa shape index (κ2) is 18.7. The lowest BCUT2D eigenvalue weighted by Crippen LogP contribution is -2.56. The molecule has 2 unspecified atom stereocenters. The van der Waals surface area contributed by atoms with Gasteiger partial charge >= 0.3 is 0 Å². The van der Waals surface area contributed by atoms with Gasteiger partial charge in [0.1, 0.15) is 12.1 Å². The number of aryl methyl sites for hydroxylation is 1. The fourth-order valence-corrected chi connectivity index (χ4v) is 5.44. The van der Waals surface area contributed by atoms with Crippen LogP contribution >= 0.6 is 0 Å². The van der Waals surface area contributed by atoms with Crippen LogP contribution in [0, 0.1) is 5.92 Å². The second-order valence-corrected chi connectivity index (χ2v) is 12.9. The highest BCUT2D eigenvalue weighted by Crippen LogP contribution is 2.10. The summed E-state index contributed by atoms with van der Waals surface area (Å²) in [6.07, 6.45) is 0.964. The van der Waals surface area contributed by atoms with Crippen molar-refractivity contribution >= 4 is 35.3 Å². The fraction of sp³-hybridized carbons (Fsp3) is 0.500. The summed E-state index contributed by atoms with van der Waals surface area (Å²) in [5.74, 6) is -3.81. The Morgan fingerprint density at radius 3 is 1.90 bits per heavy atom. The van der Waals surface area contributed by atoms with Crippen molar-refractivity contribution in [2.75, 3.05) is 32.7 Å². The molecule has 3 rings (SSSR count). The monoisotopic (exact) mass is 662 g/mol. The number of nitrogens with zero attached hydrogens (tertiary/aromatic N) is 2. The molecule has 2 aromatic rings. The molecule has 1 saturated heterocycles. The maximum absolute atomic E-state index is 13.4. The van der Waals surface area contributed by atoms with Crippen LogP contribution < -0.4 is 21.3 Å². The van der Waals surface area contributed by atoms with E-state index in [2.05, 4.69) is 40.0 Å². The molecule has 0 aromatic heterocycles. The van der Waals surface area contributed by atoms with Crippen LogP contribution in [0.5, 0.6) is 0 Å². The smallest absolute Gasteiger partial charge is 0.290 e. The lowest BCUT2D eigenvalue weighted by Gasteiger charge is -2.36. The number of Topliss-reactive ketones (excluding diaryl/α,β-unsaturated/α-hetero) is 1. The van der Waals surface area contributed by atoms with Gasteiger partial charge in [0.2, 0.25) is 23.5 Å². The summed E-state index contributed by atoms with van der Waals surface area (Å²) in [6.45, 7) is 11.6. The van der Waals surface area contributed by atoms with Gasteiger partial charge in [0.25, 0.3) is 11.8 Å². The molecular formula is C36H50N6O6. The average molecular weight is 663 g/mol. The molecule has 0 aliphatic carbocycles. The number of benzene rings is 2. The van der Waals surface area contributed by atoms with Crippen molar-refractivity contribution in [2.45, 2.75) is 78.0 Å². The molecule has 4 N–H and O–H groups in total. The van der Waals surface area contributed by atoms with Gasteiger partial charge in [-0.3, -0.25) is 33.7 Å². The summed E-state index contributed by atoms with van der Waals surface area (Å²) in [5.41, 5.74) is 1.38. The number of carbonyl (C=O) groups is 6. The maximum atomic E-state index is 13.4. The van der Waals surface area contributed by atoms with E-state index in [1.165, 1.54) is 6.92 Å². The van der Waals surface area contributed by atoms with Gasteiger partial charge in [0, 0.05) is 37.8 Å². The minimum Gasteiger partial charge on any atom is -0.344 e. The molecule has 12 nitrogen and oxygen atoms in total. The van der Waals surface area contributed by atoms with E-state index >= 15 is 0 Å². The largest absolute Gasteiger partial charge is 0.344 e. The van der Waals surface area contributed by atoms with Gasteiger partial charge in [-0.05, 0) is 63.6 Å². The third-order valence-electron chi connectivity index (χ3n) is 8.34. The van der Waals surface area contributed by atoms with Crippen LogP contribution in [-0.4, -0.2) is 102 Å². The summed E-state index contributed by atoms with van der Waals surface area (Å²) in [5, 5.41) is 10.5. The molecule has 1 aliphatic heterocycles. The molecular weight excluding hydrogens is 612 g/mol. The Morgan fingerprint density at radius 1 is 0.708 bits per heavy atom. The van der Waals surface area contributed by atoms with Crippen molar-refractivity contribution < 1.29 is 28.8 Å². The summed E-state index contributed by atoms with van der Waals surface area (Å²) in [6, 6.07) is 15.2. The Labute approximate surface area is 283 Å². The second-order valence-electron chi connectivity index (χ2n) is 12.9. The van der Waals surface area contributed by atoms with E-state index in [0.717, 1.165) is 18.7 Å². The Morgan fingerprint density at radius 2 is 1.31 bits per heavy atom. The van der Waals surface area contributed by atoms with Crippen molar-refractivity contribution in [3.63, 3.8) is 0 Å². The van der Waals surface area contributed by atoms with Crippen molar-refractivity contribution in [1.82, 2.24) is 31.1 Å². The molecule has 0 saturated carbocycles. The molecule has 12 heteroatoms. The van der Waals surface area contributed by atoms with Gasteiger partial charge in [-0.2, -0.15) is 0 Å². The summed E-state index contributed by atoms with van der Waals surface area (Å²) < 4.78 is 0. The van der Waals surface area contributed by atoms with Gasteiger partial charge in [0.05, 0.1) is 12.6 Å². The van der Waals surface area contributed by atoms with Crippen LogP contribution in [-0.2, 0) is 30.4 Å². The van der Waals surface area contributed by atoms with Crippen LogP contribution in [0.15, 0.2) is 60.7 Å². The first kappa shape index (κ1) is 37.9. The zero-order valence-electron chi connectivity index (χ0n) is 28.7. The Kier molecular flexibility index (Phi) is 14.7. The number of piperazine rings is 1. The highest BCUT2D eigenvalue weighted by Gasteiger charge is 2.31. The van der Waals surface area contributed by atoms with E-state index in [-0.39, 0.29) is 31.2 Å².